The summed E-state index contributed by atoms with van der Waals surface area (Å²) in [6.45, 7) is 2.74. The number of nitrogens with zero attached hydrogens (tertiary/aromatic N) is 1. The minimum atomic E-state index is -0.674. The SMILES string of the molecule is Cc1c(F)cc(N(Cc2ccccc2)Cc2ccccc2)c(OCc2ccccc2)c1C(=O)Oc1ccccc1. The molecule has 0 aliphatic carbocycles. The second-order valence-corrected chi connectivity index (χ2v) is 9.51. The number of hydrogen-bond donors (Lipinski definition) is 0. The molecule has 4 nitrogen and oxygen atoms in total. The average Bonchev–Trinajstić information content (AvgIpc) is 2.99. The van der Waals surface area contributed by atoms with Gasteiger partial charge in [0, 0.05) is 24.7 Å². The van der Waals surface area contributed by atoms with E-state index in [0.717, 1.165) is 16.7 Å². The van der Waals surface area contributed by atoms with Crippen molar-refractivity contribution < 1.29 is 18.7 Å². The van der Waals surface area contributed by atoms with E-state index in [1.807, 2.05) is 102 Å². The number of carbonyl (C=O) groups is 1. The van der Waals surface area contributed by atoms with E-state index >= 15 is 4.39 Å². The van der Waals surface area contributed by atoms with Crippen LogP contribution in [0.1, 0.15) is 32.6 Å². The zero-order chi connectivity index (χ0) is 27.7. The Kier molecular flexibility index (Phi) is 8.52. The molecule has 0 aromatic heterocycles. The Morgan fingerprint density at radius 2 is 1.18 bits per heavy atom. The number of benzene rings is 5. The fourth-order valence-electron chi connectivity index (χ4n) is 4.55. The second kappa shape index (κ2) is 12.8. The molecule has 5 aromatic rings. The molecular weight excluding hydrogens is 501 g/mol. The van der Waals surface area contributed by atoms with Crippen molar-refractivity contribution in [1.29, 1.82) is 0 Å². The first-order valence-electron chi connectivity index (χ1n) is 13.2. The van der Waals surface area contributed by atoms with E-state index in [4.69, 9.17) is 9.47 Å². The molecule has 0 aliphatic heterocycles. The van der Waals surface area contributed by atoms with Crippen molar-refractivity contribution in [1.82, 2.24) is 0 Å². The highest BCUT2D eigenvalue weighted by atomic mass is 19.1. The summed E-state index contributed by atoms with van der Waals surface area (Å²) in [4.78, 5) is 15.7. The maximum atomic E-state index is 15.6. The number of anilines is 1. The Morgan fingerprint density at radius 3 is 1.70 bits per heavy atom. The van der Waals surface area contributed by atoms with E-state index in [1.165, 1.54) is 6.07 Å². The summed E-state index contributed by atoms with van der Waals surface area (Å²) < 4.78 is 27.7. The molecule has 0 heterocycles. The molecule has 0 radical (unpaired) electrons. The van der Waals surface area contributed by atoms with Crippen molar-refractivity contribution in [2.24, 2.45) is 0 Å². The normalized spacial score (nSPS) is 10.7. The van der Waals surface area contributed by atoms with Gasteiger partial charge in [0.1, 0.15) is 23.7 Å². The van der Waals surface area contributed by atoms with Crippen molar-refractivity contribution in [3.8, 4) is 11.5 Å². The van der Waals surface area contributed by atoms with Crippen molar-refractivity contribution in [3.63, 3.8) is 0 Å². The molecule has 200 valence electrons. The molecule has 40 heavy (non-hydrogen) atoms. The van der Waals surface area contributed by atoms with Gasteiger partial charge in [0.15, 0.2) is 5.75 Å². The first-order chi connectivity index (χ1) is 19.6. The van der Waals surface area contributed by atoms with Gasteiger partial charge >= 0.3 is 5.97 Å². The van der Waals surface area contributed by atoms with E-state index in [0.29, 0.717) is 24.5 Å². The summed E-state index contributed by atoms with van der Waals surface area (Å²) in [6, 6.07) is 39.8. The number of carbonyl (C=O) groups excluding carboxylic acids is 1. The van der Waals surface area contributed by atoms with Crippen LogP contribution in [0.15, 0.2) is 127 Å². The van der Waals surface area contributed by atoms with Crippen LogP contribution in [0.2, 0.25) is 0 Å². The van der Waals surface area contributed by atoms with Gasteiger partial charge in [-0.15, -0.1) is 0 Å². The number of halogens is 1. The zero-order valence-corrected chi connectivity index (χ0v) is 22.3. The van der Waals surface area contributed by atoms with Crippen molar-refractivity contribution in [2.75, 3.05) is 4.90 Å². The number of para-hydroxylation sites is 1. The Labute approximate surface area is 234 Å². The lowest BCUT2D eigenvalue weighted by molar-refractivity contribution is 0.0728. The second-order valence-electron chi connectivity index (χ2n) is 9.51. The predicted octanol–water partition coefficient (Wildman–Crippen LogP) is 8.14. The Balaban J connectivity index is 1.62. The lowest BCUT2D eigenvalue weighted by Gasteiger charge is -2.29. The highest BCUT2D eigenvalue weighted by Gasteiger charge is 2.27. The molecule has 5 heteroatoms. The van der Waals surface area contributed by atoms with Gasteiger partial charge in [0.25, 0.3) is 0 Å². The first kappa shape index (κ1) is 26.7. The van der Waals surface area contributed by atoms with Gasteiger partial charge in [-0.05, 0) is 35.7 Å². The van der Waals surface area contributed by atoms with E-state index in [1.54, 1.807) is 31.2 Å². The van der Waals surface area contributed by atoms with Crippen LogP contribution in [-0.4, -0.2) is 5.97 Å². The molecule has 0 bridgehead atoms. The molecule has 5 rings (SSSR count). The van der Waals surface area contributed by atoms with E-state index < -0.39 is 11.8 Å². The smallest absolute Gasteiger partial charge is 0.347 e. The van der Waals surface area contributed by atoms with E-state index in [2.05, 4.69) is 0 Å². The largest absolute Gasteiger partial charge is 0.486 e. The van der Waals surface area contributed by atoms with Crippen molar-refractivity contribution >= 4 is 11.7 Å². The predicted molar refractivity (Wildman–Crippen MR) is 156 cm³/mol. The molecule has 0 N–H and O–H groups in total. The van der Waals surface area contributed by atoms with Crippen LogP contribution < -0.4 is 14.4 Å². The topological polar surface area (TPSA) is 38.8 Å². The highest BCUT2D eigenvalue weighted by Crippen LogP contribution is 2.39. The summed E-state index contributed by atoms with van der Waals surface area (Å²) in [5.41, 5.74) is 3.74. The van der Waals surface area contributed by atoms with Crippen LogP contribution in [0.5, 0.6) is 11.5 Å². The zero-order valence-electron chi connectivity index (χ0n) is 22.3. The van der Waals surface area contributed by atoms with Gasteiger partial charge in [0.05, 0.1) is 5.69 Å². The Morgan fingerprint density at radius 1 is 0.700 bits per heavy atom. The first-order valence-corrected chi connectivity index (χ1v) is 13.2. The number of rotatable bonds is 10. The van der Waals surface area contributed by atoms with Gasteiger partial charge in [-0.1, -0.05) is 109 Å². The number of ether oxygens (including phenoxy) is 2. The fourth-order valence-corrected chi connectivity index (χ4v) is 4.55. The van der Waals surface area contributed by atoms with Crippen molar-refractivity contribution in [3.05, 3.63) is 161 Å². The fraction of sp³-hybridized carbons (Fsp3) is 0.114. The molecule has 0 saturated carbocycles. The molecule has 0 atom stereocenters. The van der Waals surface area contributed by atoms with E-state index in [-0.39, 0.29) is 23.5 Å². The molecule has 0 unspecified atom stereocenters. The minimum Gasteiger partial charge on any atom is -0.486 e. The van der Waals surface area contributed by atoms with Gasteiger partial charge in [-0.25, -0.2) is 9.18 Å². The third kappa shape index (κ3) is 6.56. The maximum Gasteiger partial charge on any atom is 0.347 e. The summed E-state index contributed by atoms with van der Waals surface area (Å²) in [6.07, 6.45) is 0. The van der Waals surface area contributed by atoms with Crippen LogP contribution in [-0.2, 0) is 19.7 Å². The molecule has 0 aliphatic rings. The summed E-state index contributed by atoms with van der Waals surface area (Å²) in [5, 5.41) is 0. The summed E-state index contributed by atoms with van der Waals surface area (Å²) >= 11 is 0. The molecular formula is C35H30FNO3. The van der Waals surface area contributed by atoms with Crippen LogP contribution in [0.4, 0.5) is 10.1 Å². The van der Waals surface area contributed by atoms with E-state index in [9.17, 15) is 4.79 Å². The van der Waals surface area contributed by atoms with Crippen LogP contribution in [0, 0.1) is 12.7 Å². The lowest BCUT2D eigenvalue weighted by atomic mass is 10.0. The Hall–Kier alpha value is -4.90. The average molecular weight is 532 g/mol. The standard InChI is InChI=1S/C35H30FNO3/c1-26-31(36)22-32(37(23-27-14-6-2-7-15-27)24-28-16-8-3-9-17-28)34(39-25-29-18-10-4-11-19-29)33(26)35(38)40-30-20-12-5-13-21-30/h2-22H,23-25H2,1H3. The van der Waals surface area contributed by atoms with Crippen LogP contribution in [0.3, 0.4) is 0 Å². The number of esters is 1. The van der Waals surface area contributed by atoms with Gasteiger partial charge in [0.2, 0.25) is 0 Å². The molecule has 0 fully saturated rings. The molecule has 0 saturated heterocycles. The van der Waals surface area contributed by atoms with Crippen LogP contribution >= 0.6 is 0 Å². The summed E-state index contributed by atoms with van der Waals surface area (Å²) in [7, 11) is 0. The van der Waals surface area contributed by atoms with Crippen LogP contribution in [0.25, 0.3) is 0 Å². The van der Waals surface area contributed by atoms with Crippen molar-refractivity contribution in [2.45, 2.75) is 26.6 Å². The monoisotopic (exact) mass is 531 g/mol. The van der Waals surface area contributed by atoms with Gasteiger partial charge in [-0.2, -0.15) is 0 Å². The minimum absolute atomic E-state index is 0.0703. The number of hydrogen-bond acceptors (Lipinski definition) is 4. The maximum absolute atomic E-state index is 15.6. The molecule has 0 spiro atoms. The third-order valence-corrected chi connectivity index (χ3v) is 6.61. The van der Waals surface area contributed by atoms with Gasteiger partial charge in [-0.3, -0.25) is 0 Å². The van der Waals surface area contributed by atoms with Gasteiger partial charge < -0.3 is 14.4 Å². The Bertz CT molecular complexity index is 1500. The lowest BCUT2D eigenvalue weighted by Crippen LogP contribution is -2.25. The summed E-state index contributed by atoms with van der Waals surface area (Å²) in [5.74, 6) is -0.521. The molecule has 0 amide bonds. The third-order valence-electron chi connectivity index (χ3n) is 6.61. The molecule has 5 aromatic carbocycles. The quantitative estimate of drug-likeness (QED) is 0.135. The highest BCUT2D eigenvalue weighted by molar-refractivity contribution is 5.98.